The minimum Gasteiger partial charge on any atom is -0.508 e. The molecular weight excluding hydrogens is 268 g/mol. The fraction of sp³-hybridized carbons (Fsp3) is 0.524. The predicted molar refractivity (Wildman–Crippen MR) is 101 cm³/mol. The van der Waals surface area contributed by atoms with Crippen molar-refractivity contribution in [3.63, 3.8) is 0 Å². The summed E-state index contributed by atoms with van der Waals surface area (Å²) >= 11 is 0. The molecule has 1 atom stereocenters. The van der Waals surface area contributed by atoms with E-state index in [0.29, 0.717) is 11.7 Å². The van der Waals surface area contributed by atoms with Gasteiger partial charge in [-0.05, 0) is 47.2 Å². The molecule has 0 bridgehead atoms. The third-order valence-corrected chi connectivity index (χ3v) is 3.45. The molecule has 2 rings (SSSR count). The van der Waals surface area contributed by atoms with Crippen LogP contribution in [-0.4, -0.2) is 5.11 Å². The summed E-state index contributed by atoms with van der Waals surface area (Å²) in [4.78, 5) is 0. The van der Waals surface area contributed by atoms with Gasteiger partial charge >= 0.3 is 0 Å². The highest BCUT2D eigenvalue weighted by molar-refractivity contribution is 5.84. The molecule has 0 saturated heterocycles. The zero-order chi connectivity index (χ0) is 17.0. The van der Waals surface area contributed by atoms with Crippen molar-refractivity contribution in [3.8, 4) is 5.75 Å². The van der Waals surface area contributed by atoms with E-state index in [2.05, 4.69) is 45.9 Å². The molecule has 0 heterocycles. The standard InChI is InChI=1S/C16H20O.C3H8.C2H6/c1-3-5-12(4-2)13-6-7-15-11-16(17)9-8-14(15)10-13;1-3-2;1-2/h6-12,17H,3-5H2,1-2H3;3H2,1-2H3;1-2H3. The smallest absolute Gasteiger partial charge is 0.116 e. The SMILES string of the molecule is CC.CCC.CCCC(CC)c1ccc2cc(O)ccc2c1. The van der Waals surface area contributed by atoms with Crippen LogP contribution in [0.3, 0.4) is 0 Å². The van der Waals surface area contributed by atoms with E-state index in [1.807, 2.05) is 26.0 Å². The van der Waals surface area contributed by atoms with Crippen molar-refractivity contribution in [2.24, 2.45) is 0 Å². The Bertz CT molecular complexity index is 516. The van der Waals surface area contributed by atoms with E-state index in [0.717, 1.165) is 5.39 Å². The van der Waals surface area contributed by atoms with Crippen molar-refractivity contribution in [2.45, 2.75) is 73.1 Å². The van der Waals surface area contributed by atoms with Crippen LogP contribution < -0.4 is 0 Å². The molecule has 0 fully saturated rings. The summed E-state index contributed by atoms with van der Waals surface area (Å²) in [6.07, 6.45) is 4.92. The lowest BCUT2D eigenvalue weighted by atomic mass is 9.90. The second-order valence-corrected chi connectivity index (χ2v) is 5.39. The van der Waals surface area contributed by atoms with Crippen LogP contribution in [0.2, 0.25) is 0 Å². The Kier molecular flexibility index (Phi) is 11.3. The molecule has 124 valence electrons. The molecule has 0 aliphatic heterocycles. The van der Waals surface area contributed by atoms with Crippen LogP contribution in [0.15, 0.2) is 36.4 Å². The second-order valence-electron chi connectivity index (χ2n) is 5.39. The van der Waals surface area contributed by atoms with E-state index in [4.69, 9.17) is 0 Å². The third kappa shape index (κ3) is 6.51. The minimum absolute atomic E-state index is 0.339. The summed E-state index contributed by atoms with van der Waals surface area (Å²) in [5.74, 6) is 1.00. The Hall–Kier alpha value is -1.50. The molecule has 0 spiro atoms. The van der Waals surface area contributed by atoms with Crippen molar-refractivity contribution in [1.29, 1.82) is 0 Å². The van der Waals surface area contributed by atoms with Gasteiger partial charge in [0, 0.05) is 0 Å². The maximum atomic E-state index is 9.44. The molecule has 2 aromatic rings. The summed E-state index contributed by atoms with van der Waals surface area (Å²) in [7, 11) is 0. The largest absolute Gasteiger partial charge is 0.508 e. The van der Waals surface area contributed by atoms with Gasteiger partial charge < -0.3 is 5.11 Å². The average molecular weight is 303 g/mol. The molecule has 0 aliphatic carbocycles. The van der Waals surface area contributed by atoms with Crippen molar-refractivity contribution in [2.75, 3.05) is 0 Å². The van der Waals surface area contributed by atoms with Crippen molar-refractivity contribution < 1.29 is 5.11 Å². The molecule has 1 nitrogen and oxygen atoms in total. The number of phenolic OH excluding ortho intramolecular Hbond substituents is 1. The Labute approximate surface area is 137 Å². The average Bonchev–Trinajstić information content (AvgIpc) is 2.55. The van der Waals surface area contributed by atoms with E-state index in [-0.39, 0.29) is 0 Å². The fourth-order valence-corrected chi connectivity index (χ4v) is 2.46. The molecule has 0 radical (unpaired) electrons. The van der Waals surface area contributed by atoms with Crippen LogP contribution in [0, 0.1) is 0 Å². The van der Waals surface area contributed by atoms with Gasteiger partial charge in [-0.15, -0.1) is 0 Å². The van der Waals surface area contributed by atoms with Gasteiger partial charge in [0.1, 0.15) is 5.75 Å². The maximum absolute atomic E-state index is 9.44. The number of phenols is 1. The predicted octanol–water partition coefficient (Wildman–Crippen LogP) is 7.28. The Morgan fingerprint density at radius 3 is 1.95 bits per heavy atom. The fourth-order valence-electron chi connectivity index (χ4n) is 2.46. The highest BCUT2D eigenvalue weighted by Gasteiger charge is 2.08. The van der Waals surface area contributed by atoms with Gasteiger partial charge in [0.25, 0.3) is 0 Å². The highest BCUT2D eigenvalue weighted by Crippen LogP contribution is 2.28. The Balaban J connectivity index is 0.000000789. The van der Waals surface area contributed by atoms with E-state index in [9.17, 15) is 5.11 Å². The van der Waals surface area contributed by atoms with Gasteiger partial charge in [-0.2, -0.15) is 0 Å². The van der Waals surface area contributed by atoms with Gasteiger partial charge in [-0.3, -0.25) is 0 Å². The number of fused-ring (bicyclic) bond motifs is 1. The molecule has 1 N–H and O–H groups in total. The summed E-state index contributed by atoms with van der Waals surface area (Å²) in [6, 6.07) is 12.1. The molecule has 2 aromatic carbocycles. The molecule has 0 amide bonds. The van der Waals surface area contributed by atoms with Crippen LogP contribution >= 0.6 is 0 Å². The van der Waals surface area contributed by atoms with Gasteiger partial charge in [0.05, 0.1) is 0 Å². The maximum Gasteiger partial charge on any atom is 0.116 e. The number of rotatable bonds is 4. The minimum atomic E-state index is 0.339. The molecular formula is C21H34O. The normalized spacial score (nSPS) is 11.0. The molecule has 1 unspecified atom stereocenters. The van der Waals surface area contributed by atoms with Crippen LogP contribution in [0.1, 0.15) is 78.7 Å². The number of benzene rings is 2. The van der Waals surface area contributed by atoms with E-state index in [1.165, 1.54) is 36.6 Å². The van der Waals surface area contributed by atoms with E-state index >= 15 is 0 Å². The van der Waals surface area contributed by atoms with Crippen LogP contribution in [0.4, 0.5) is 0 Å². The Morgan fingerprint density at radius 1 is 0.864 bits per heavy atom. The number of aromatic hydroxyl groups is 1. The highest BCUT2D eigenvalue weighted by atomic mass is 16.3. The number of hydrogen-bond donors (Lipinski definition) is 1. The van der Waals surface area contributed by atoms with Crippen molar-refractivity contribution >= 4 is 10.8 Å². The Morgan fingerprint density at radius 2 is 1.41 bits per heavy atom. The van der Waals surface area contributed by atoms with Crippen LogP contribution in [0.5, 0.6) is 5.75 Å². The third-order valence-electron chi connectivity index (χ3n) is 3.45. The first-order chi connectivity index (χ1) is 10.7. The van der Waals surface area contributed by atoms with Crippen molar-refractivity contribution in [3.05, 3.63) is 42.0 Å². The van der Waals surface area contributed by atoms with Gasteiger partial charge in [-0.1, -0.05) is 78.6 Å². The molecule has 0 aliphatic rings. The first-order valence-electron chi connectivity index (χ1n) is 8.88. The van der Waals surface area contributed by atoms with Gasteiger partial charge in [0.2, 0.25) is 0 Å². The lowest BCUT2D eigenvalue weighted by molar-refractivity contribution is 0.476. The molecule has 1 heteroatoms. The lowest BCUT2D eigenvalue weighted by Crippen LogP contribution is -1.96. The molecule has 0 aromatic heterocycles. The van der Waals surface area contributed by atoms with Crippen LogP contribution in [-0.2, 0) is 0 Å². The zero-order valence-corrected chi connectivity index (χ0v) is 15.3. The molecule has 0 saturated carbocycles. The van der Waals surface area contributed by atoms with Gasteiger partial charge in [0.15, 0.2) is 0 Å². The topological polar surface area (TPSA) is 20.2 Å². The second kappa shape index (κ2) is 12.1. The first kappa shape index (κ1) is 20.5. The monoisotopic (exact) mass is 302 g/mol. The summed E-state index contributed by atoms with van der Waals surface area (Å²) in [5.41, 5.74) is 1.42. The first-order valence-corrected chi connectivity index (χ1v) is 8.88. The molecule has 22 heavy (non-hydrogen) atoms. The summed E-state index contributed by atoms with van der Waals surface area (Å²) < 4.78 is 0. The summed E-state index contributed by atoms with van der Waals surface area (Å²) in [5, 5.41) is 11.8. The summed E-state index contributed by atoms with van der Waals surface area (Å²) in [6.45, 7) is 12.7. The lowest BCUT2D eigenvalue weighted by Gasteiger charge is -2.15. The quantitative estimate of drug-likeness (QED) is 0.629. The van der Waals surface area contributed by atoms with Crippen LogP contribution in [0.25, 0.3) is 10.8 Å². The van der Waals surface area contributed by atoms with E-state index in [1.54, 1.807) is 6.07 Å². The van der Waals surface area contributed by atoms with E-state index < -0.39 is 0 Å². The zero-order valence-electron chi connectivity index (χ0n) is 15.3. The number of hydrogen-bond acceptors (Lipinski definition) is 1. The van der Waals surface area contributed by atoms with Crippen molar-refractivity contribution in [1.82, 2.24) is 0 Å². The van der Waals surface area contributed by atoms with Gasteiger partial charge in [-0.25, -0.2) is 0 Å².